The molecule has 110 valence electrons. The molecule has 0 heterocycles. The molecule has 5 fully saturated rings. The van der Waals surface area contributed by atoms with Crippen LogP contribution in [-0.2, 0) is 0 Å². The maximum absolute atomic E-state index is 5.52. The smallest absolute Gasteiger partial charge is 0.184 e. The highest BCUT2D eigenvalue weighted by Crippen LogP contribution is 2.80. The molecule has 2 bridgehead atoms. The monoisotopic (exact) mass is 320 g/mol. The van der Waals surface area contributed by atoms with E-state index in [1.165, 1.54) is 17.8 Å². The zero-order chi connectivity index (χ0) is 14.5. The van der Waals surface area contributed by atoms with Crippen LogP contribution < -0.4 is 22.3 Å². The molecule has 5 aliphatic rings. The van der Waals surface area contributed by atoms with E-state index < -0.39 is 0 Å². The molecule has 0 aromatic carbocycles. The lowest BCUT2D eigenvalue weighted by Crippen LogP contribution is -2.49. The van der Waals surface area contributed by atoms with E-state index in [4.69, 9.17) is 35.9 Å². The van der Waals surface area contributed by atoms with Gasteiger partial charge in [-0.15, -0.1) is 0 Å². The first-order valence-electron chi connectivity index (χ1n) is 7.35. The lowest BCUT2D eigenvalue weighted by molar-refractivity contribution is 0.0654. The van der Waals surface area contributed by atoms with E-state index >= 15 is 0 Å². The molecule has 0 amide bonds. The summed E-state index contributed by atoms with van der Waals surface area (Å²) in [4.78, 5) is 0. The average molecular weight is 320 g/mol. The van der Waals surface area contributed by atoms with Crippen LogP contribution in [0.25, 0.3) is 0 Å². The van der Waals surface area contributed by atoms with Gasteiger partial charge in [-0.3, -0.25) is 10.9 Å². The minimum atomic E-state index is 0.241. The summed E-state index contributed by atoms with van der Waals surface area (Å²) < 4.78 is 0. The summed E-state index contributed by atoms with van der Waals surface area (Å²) in [5.41, 5.74) is 19.2. The van der Waals surface area contributed by atoms with Crippen LogP contribution in [-0.4, -0.2) is 21.6 Å². The molecular formula is C13H16N6S2. The Labute approximate surface area is 132 Å². The second kappa shape index (κ2) is 3.73. The van der Waals surface area contributed by atoms with Crippen molar-refractivity contribution in [3.8, 4) is 0 Å². The number of fused-ring (bicyclic) bond motifs is 2. The van der Waals surface area contributed by atoms with Crippen LogP contribution in [0.2, 0.25) is 0 Å². The number of hydrogen-bond donors (Lipinski definition) is 4. The third kappa shape index (κ3) is 1.25. The van der Waals surface area contributed by atoms with Gasteiger partial charge in [0.2, 0.25) is 0 Å². The lowest BCUT2D eigenvalue weighted by atomic mass is 9.59. The normalized spacial score (nSPS) is 53.5. The highest BCUT2D eigenvalue weighted by Gasteiger charge is 2.82. The first kappa shape index (κ1) is 12.3. The van der Waals surface area contributed by atoms with Crippen molar-refractivity contribution < 1.29 is 0 Å². The van der Waals surface area contributed by atoms with Gasteiger partial charge in [-0.25, -0.2) is 0 Å². The molecule has 0 aromatic heterocycles. The van der Waals surface area contributed by atoms with Crippen molar-refractivity contribution in [3.63, 3.8) is 0 Å². The minimum absolute atomic E-state index is 0.241. The SMILES string of the molecule is NC(=S)N/N=C1/[C@@H]2[C@H]3C[C@H]4[C@@H]2/C(=N/NC(N)=S)[C@@H]2[C@@H]1[C@@H]3[C@H]42. The Morgan fingerprint density at radius 3 is 1.67 bits per heavy atom. The first-order chi connectivity index (χ1) is 10.1. The lowest BCUT2D eigenvalue weighted by Gasteiger charge is -2.44. The Hall–Kier alpha value is -1.28. The van der Waals surface area contributed by atoms with Gasteiger partial charge in [-0.1, -0.05) is 0 Å². The summed E-state index contributed by atoms with van der Waals surface area (Å²) >= 11 is 9.75. The Bertz CT molecular complexity index is 585. The number of nitrogens with zero attached hydrogens (tertiary/aromatic N) is 2. The van der Waals surface area contributed by atoms with E-state index in [1.807, 2.05) is 0 Å². The molecule has 6 nitrogen and oxygen atoms in total. The molecule has 0 aromatic rings. The van der Waals surface area contributed by atoms with Crippen LogP contribution in [0, 0.1) is 47.3 Å². The topological polar surface area (TPSA) is 101 Å². The van der Waals surface area contributed by atoms with Gasteiger partial charge in [0.1, 0.15) is 0 Å². The number of hydrazone groups is 2. The zero-order valence-electron chi connectivity index (χ0n) is 11.2. The van der Waals surface area contributed by atoms with E-state index in [2.05, 4.69) is 21.1 Å². The second-order valence-corrected chi connectivity index (χ2v) is 7.73. The quantitative estimate of drug-likeness (QED) is 0.414. The zero-order valence-corrected chi connectivity index (χ0v) is 12.8. The Morgan fingerprint density at radius 2 is 1.29 bits per heavy atom. The highest BCUT2D eigenvalue weighted by atomic mass is 32.1. The van der Waals surface area contributed by atoms with Gasteiger partial charge in [0.05, 0.1) is 0 Å². The van der Waals surface area contributed by atoms with Crippen LogP contribution in [0.4, 0.5) is 0 Å². The van der Waals surface area contributed by atoms with E-state index in [-0.39, 0.29) is 10.2 Å². The summed E-state index contributed by atoms with van der Waals surface area (Å²) in [6.45, 7) is 0. The molecule has 0 spiro atoms. The number of thiocarbonyl (C=S) groups is 2. The van der Waals surface area contributed by atoms with Crippen molar-refractivity contribution in [1.29, 1.82) is 0 Å². The number of hydrogen-bond acceptors (Lipinski definition) is 4. The molecule has 21 heavy (non-hydrogen) atoms. The summed E-state index contributed by atoms with van der Waals surface area (Å²) in [5, 5.41) is 9.57. The number of nitrogens with two attached hydrogens (primary N) is 2. The summed E-state index contributed by atoms with van der Waals surface area (Å²) in [7, 11) is 0. The van der Waals surface area contributed by atoms with Crippen molar-refractivity contribution in [2.24, 2.45) is 69.0 Å². The molecule has 8 heteroatoms. The van der Waals surface area contributed by atoms with Gasteiger partial charge in [-0.05, 0) is 54.5 Å². The standard InChI is InChI=1S/C13H16N6S2/c14-12(20)18-16-10-6-2-1-3-5-4(2)8(10)9(5)11(7(3)6)17-19-13(15)21/h2-9H,1H2,(H3,14,18,20)(H3,15,19,21)/b16-10-,17-11-/t2-,3+,4-,5-,6+,7-,8-,9-/m0/s1. The van der Waals surface area contributed by atoms with Gasteiger partial charge < -0.3 is 11.5 Å². The molecule has 6 N–H and O–H groups in total. The maximum atomic E-state index is 5.52. The van der Waals surface area contributed by atoms with Crippen molar-refractivity contribution in [1.82, 2.24) is 10.9 Å². The van der Waals surface area contributed by atoms with Gasteiger partial charge in [0.25, 0.3) is 0 Å². The first-order valence-corrected chi connectivity index (χ1v) is 8.17. The van der Waals surface area contributed by atoms with Crippen LogP contribution in [0.15, 0.2) is 10.2 Å². The molecule has 0 unspecified atom stereocenters. The molecule has 0 radical (unpaired) electrons. The number of nitrogens with one attached hydrogen (secondary N) is 2. The third-order valence-electron chi connectivity index (χ3n) is 6.46. The van der Waals surface area contributed by atoms with E-state index in [0.717, 1.165) is 23.7 Å². The Kier molecular flexibility index (Phi) is 2.18. The Morgan fingerprint density at radius 1 is 0.857 bits per heavy atom. The summed E-state index contributed by atoms with van der Waals surface area (Å²) in [6, 6.07) is 0. The molecule has 5 aliphatic carbocycles. The van der Waals surface area contributed by atoms with Crippen LogP contribution in [0.5, 0.6) is 0 Å². The van der Waals surface area contributed by atoms with Crippen molar-refractivity contribution in [2.75, 3.05) is 0 Å². The molecular weight excluding hydrogens is 304 g/mol. The fourth-order valence-corrected chi connectivity index (χ4v) is 6.49. The molecule has 0 saturated heterocycles. The Balaban J connectivity index is 1.54. The maximum Gasteiger partial charge on any atom is 0.184 e. The molecule has 0 aliphatic heterocycles. The van der Waals surface area contributed by atoms with Gasteiger partial charge in [-0.2, -0.15) is 10.2 Å². The second-order valence-electron chi connectivity index (χ2n) is 6.85. The van der Waals surface area contributed by atoms with E-state index in [1.54, 1.807) is 0 Å². The number of rotatable bonds is 2. The highest BCUT2D eigenvalue weighted by molar-refractivity contribution is 7.80. The largest absolute Gasteiger partial charge is 0.375 e. The fraction of sp³-hybridized carbons (Fsp3) is 0.692. The minimum Gasteiger partial charge on any atom is -0.375 e. The van der Waals surface area contributed by atoms with E-state index in [0.29, 0.717) is 23.7 Å². The molecule has 5 saturated carbocycles. The van der Waals surface area contributed by atoms with Crippen LogP contribution in [0.3, 0.4) is 0 Å². The summed E-state index contributed by atoms with van der Waals surface area (Å²) in [5.74, 6) is 5.30. The van der Waals surface area contributed by atoms with Gasteiger partial charge in [0, 0.05) is 35.1 Å². The van der Waals surface area contributed by atoms with Gasteiger partial charge >= 0.3 is 0 Å². The van der Waals surface area contributed by atoms with Crippen molar-refractivity contribution in [3.05, 3.63) is 0 Å². The molecule has 5 rings (SSSR count). The van der Waals surface area contributed by atoms with Crippen molar-refractivity contribution >= 4 is 46.1 Å². The van der Waals surface area contributed by atoms with Crippen LogP contribution in [0.1, 0.15) is 6.42 Å². The van der Waals surface area contributed by atoms with Crippen molar-refractivity contribution in [2.45, 2.75) is 6.42 Å². The van der Waals surface area contributed by atoms with E-state index in [9.17, 15) is 0 Å². The predicted molar refractivity (Wildman–Crippen MR) is 87.2 cm³/mol. The fourth-order valence-electron chi connectivity index (χ4n) is 6.40. The van der Waals surface area contributed by atoms with Crippen LogP contribution >= 0.6 is 24.4 Å². The average Bonchev–Trinajstić information content (AvgIpc) is 2.91. The van der Waals surface area contributed by atoms with Gasteiger partial charge in [0.15, 0.2) is 10.2 Å². The third-order valence-corrected chi connectivity index (χ3v) is 6.64. The predicted octanol–water partition coefficient (Wildman–Crippen LogP) is -0.248. The molecule has 8 atom stereocenters. The summed E-state index contributed by atoms with van der Waals surface area (Å²) in [6.07, 6.45) is 1.33.